The van der Waals surface area contributed by atoms with Crippen LogP contribution in [0.3, 0.4) is 0 Å². The second-order valence-corrected chi connectivity index (χ2v) is 7.16. The summed E-state index contributed by atoms with van der Waals surface area (Å²) in [4.78, 5) is 19.2. The minimum atomic E-state index is 0.242. The molecule has 5 heteroatoms. The van der Waals surface area contributed by atoms with Gasteiger partial charge in [-0.1, -0.05) is 29.8 Å². The summed E-state index contributed by atoms with van der Waals surface area (Å²) in [6.45, 7) is 4.01. The SMILES string of the molecule is Cc1ccc(-c2cnc(CCC(=O)N3C4CCNCC3CC4)o2)cc1. The monoisotopic (exact) mass is 339 g/mol. The zero-order valence-electron chi connectivity index (χ0n) is 14.7. The molecule has 2 atom stereocenters. The first-order chi connectivity index (χ1) is 12.2. The van der Waals surface area contributed by atoms with E-state index in [4.69, 9.17) is 4.42 Å². The first kappa shape index (κ1) is 16.3. The Bertz CT molecular complexity index is 724. The van der Waals surface area contributed by atoms with Crippen molar-refractivity contribution in [1.82, 2.24) is 15.2 Å². The van der Waals surface area contributed by atoms with Crippen molar-refractivity contribution in [1.29, 1.82) is 0 Å². The number of aryl methyl sites for hydroxylation is 2. The van der Waals surface area contributed by atoms with Gasteiger partial charge in [0.05, 0.1) is 6.20 Å². The molecule has 2 aliphatic rings. The number of rotatable bonds is 4. The lowest BCUT2D eigenvalue weighted by Crippen LogP contribution is -2.42. The Morgan fingerprint density at radius 2 is 2.04 bits per heavy atom. The molecule has 5 nitrogen and oxygen atoms in total. The molecule has 4 rings (SSSR count). The molecule has 2 aliphatic heterocycles. The van der Waals surface area contributed by atoms with Gasteiger partial charge >= 0.3 is 0 Å². The van der Waals surface area contributed by atoms with Gasteiger partial charge < -0.3 is 14.6 Å². The molecule has 132 valence electrons. The Morgan fingerprint density at radius 3 is 2.88 bits per heavy atom. The maximum absolute atomic E-state index is 12.7. The molecule has 1 N–H and O–H groups in total. The van der Waals surface area contributed by atoms with Crippen molar-refractivity contribution in [3.05, 3.63) is 41.9 Å². The van der Waals surface area contributed by atoms with Crippen molar-refractivity contribution in [2.24, 2.45) is 0 Å². The van der Waals surface area contributed by atoms with Gasteiger partial charge in [0.25, 0.3) is 0 Å². The third-order valence-corrected chi connectivity index (χ3v) is 5.38. The number of hydrogen-bond acceptors (Lipinski definition) is 4. The molecule has 3 heterocycles. The summed E-state index contributed by atoms with van der Waals surface area (Å²) in [7, 11) is 0. The molecule has 2 saturated heterocycles. The maximum atomic E-state index is 12.7. The molecular formula is C20H25N3O2. The van der Waals surface area contributed by atoms with Gasteiger partial charge in [-0.15, -0.1) is 0 Å². The van der Waals surface area contributed by atoms with Gasteiger partial charge in [0.1, 0.15) is 0 Å². The third kappa shape index (κ3) is 3.47. The average Bonchev–Trinajstić information content (AvgIpc) is 3.17. The maximum Gasteiger partial charge on any atom is 0.223 e. The van der Waals surface area contributed by atoms with E-state index < -0.39 is 0 Å². The van der Waals surface area contributed by atoms with E-state index in [0.29, 0.717) is 30.8 Å². The highest BCUT2D eigenvalue weighted by Crippen LogP contribution is 2.29. The van der Waals surface area contributed by atoms with Crippen LogP contribution in [0.4, 0.5) is 0 Å². The largest absolute Gasteiger partial charge is 0.441 e. The van der Waals surface area contributed by atoms with Crippen molar-refractivity contribution in [3.63, 3.8) is 0 Å². The summed E-state index contributed by atoms with van der Waals surface area (Å²) < 4.78 is 5.85. The summed E-state index contributed by atoms with van der Waals surface area (Å²) in [6.07, 6.45) is 6.13. The number of carbonyl (C=O) groups is 1. The summed E-state index contributed by atoms with van der Waals surface area (Å²) in [5, 5.41) is 3.44. The number of nitrogens with zero attached hydrogens (tertiary/aromatic N) is 2. The van der Waals surface area contributed by atoms with Crippen LogP contribution in [-0.4, -0.2) is 41.0 Å². The highest BCUT2D eigenvalue weighted by Gasteiger charge is 2.37. The molecule has 0 aliphatic carbocycles. The smallest absolute Gasteiger partial charge is 0.223 e. The molecule has 0 saturated carbocycles. The van der Waals surface area contributed by atoms with Crippen molar-refractivity contribution in [2.45, 2.75) is 51.1 Å². The van der Waals surface area contributed by atoms with Crippen LogP contribution in [0.5, 0.6) is 0 Å². The number of nitrogens with one attached hydrogen (secondary N) is 1. The molecule has 1 aromatic carbocycles. The summed E-state index contributed by atoms with van der Waals surface area (Å²) in [6, 6.07) is 8.97. The van der Waals surface area contributed by atoms with Crippen molar-refractivity contribution in [2.75, 3.05) is 13.1 Å². The first-order valence-electron chi connectivity index (χ1n) is 9.24. The van der Waals surface area contributed by atoms with E-state index >= 15 is 0 Å². The Balaban J connectivity index is 1.38. The minimum Gasteiger partial charge on any atom is -0.441 e. The van der Waals surface area contributed by atoms with Gasteiger partial charge in [-0.3, -0.25) is 4.79 Å². The molecule has 2 fully saturated rings. The van der Waals surface area contributed by atoms with E-state index in [-0.39, 0.29) is 5.91 Å². The molecule has 25 heavy (non-hydrogen) atoms. The van der Waals surface area contributed by atoms with Crippen molar-refractivity contribution >= 4 is 5.91 Å². The van der Waals surface area contributed by atoms with E-state index in [1.165, 1.54) is 5.56 Å². The van der Waals surface area contributed by atoms with Gasteiger partial charge in [0.2, 0.25) is 5.91 Å². The molecule has 0 spiro atoms. The Kier molecular flexibility index (Phi) is 4.57. The van der Waals surface area contributed by atoms with E-state index in [9.17, 15) is 4.79 Å². The summed E-state index contributed by atoms with van der Waals surface area (Å²) >= 11 is 0. The molecular weight excluding hydrogens is 314 g/mol. The van der Waals surface area contributed by atoms with Crippen molar-refractivity contribution in [3.8, 4) is 11.3 Å². The van der Waals surface area contributed by atoms with Gasteiger partial charge in [0, 0.05) is 37.0 Å². The van der Waals surface area contributed by atoms with Crippen LogP contribution in [0.1, 0.15) is 37.1 Å². The van der Waals surface area contributed by atoms with Gasteiger partial charge in [-0.2, -0.15) is 0 Å². The summed E-state index contributed by atoms with van der Waals surface area (Å²) in [5.74, 6) is 1.65. The summed E-state index contributed by atoms with van der Waals surface area (Å²) in [5.41, 5.74) is 2.24. The Hall–Kier alpha value is -2.14. The quantitative estimate of drug-likeness (QED) is 0.930. The van der Waals surface area contributed by atoms with E-state index in [1.54, 1.807) is 6.20 Å². The second-order valence-electron chi connectivity index (χ2n) is 7.16. The number of oxazole rings is 1. The average molecular weight is 339 g/mol. The van der Waals surface area contributed by atoms with Crippen LogP contribution in [0.15, 0.2) is 34.9 Å². The fourth-order valence-electron chi connectivity index (χ4n) is 4.01. The topological polar surface area (TPSA) is 58.4 Å². The zero-order chi connectivity index (χ0) is 17.2. The van der Waals surface area contributed by atoms with Crippen LogP contribution in [-0.2, 0) is 11.2 Å². The fourth-order valence-corrected chi connectivity index (χ4v) is 4.01. The first-order valence-corrected chi connectivity index (χ1v) is 9.24. The lowest BCUT2D eigenvalue weighted by atomic mass is 10.1. The highest BCUT2D eigenvalue weighted by molar-refractivity contribution is 5.77. The van der Waals surface area contributed by atoms with Gasteiger partial charge in [-0.25, -0.2) is 4.98 Å². The van der Waals surface area contributed by atoms with Crippen LogP contribution in [0.25, 0.3) is 11.3 Å². The Morgan fingerprint density at radius 1 is 1.24 bits per heavy atom. The normalized spacial score (nSPS) is 22.8. The van der Waals surface area contributed by atoms with Crippen LogP contribution in [0.2, 0.25) is 0 Å². The van der Waals surface area contributed by atoms with Gasteiger partial charge in [-0.05, 0) is 32.7 Å². The van der Waals surface area contributed by atoms with Gasteiger partial charge in [0.15, 0.2) is 11.7 Å². The number of carbonyl (C=O) groups excluding carboxylic acids is 1. The molecule has 1 amide bonds. The fraction of sp³-hybridized carbons (Fsp3) is 0.500. The number of fused-ring (bicyclic) bond motifs is 2. The predicted octanol–water partition coefficient (Wildman–Crippen LogP) is 2.94. The van der Waals surface area contributed by atoms with Crippen LogP contribution >= 0.6 is 0 Å². The Labute approximate surface area is 148 Å². The highest BCUT2D eigenvalue weighted by atomic mass is 16.4. The predicted molar refractivity (Wildman–Crippen MR) is 96.1 cm³/mol. The van der Waals surface area contributed by atoms with E-state index in [1.807, 2.05) is 12.1 Å². The lowest BCUT2D eigenvalue weighted by Gasteiger charge is -2.27. The van der Waals surface area contributed by atoms with Crippen molar-refractivity contribution < 1.29 is 9.21 Å². The number of hydrogen-bond donors (Lipinski definition) is 1. The molecule has 2 aromatic rings. The standard InChI is InChI=1S/C20H25N3O2/c1-14-2-4-15(5-3-14)18-13-22-19(25-18)8-9-20(24)23-16-6-7-17(23)12-21-11-10-16/h2-5,13,16-17,21H,6-12H2,1H3. The lowest BCUT2D eigenvalue weighted by molar-refractivity contribution is -0.133. The second kappa shape index (κ2) is 7.00. The van der Waals surface area contributed by atoms with E-state index in [2.05, 4.69) is 34.3 Å². The molecule has 2 unspecified atom stereocenters. The molecule has 0 radical (unpaired) electrons. The number of benzene rings is 1. The van der Waals surface area contributed by atoms with Crippen LogP contribution in [0, 0.1) is 6.92 Å². The zero-order valence-corrected chi connectivity index (χ0v) is 14.7. The molecule has 2 bridgehead atoms. The third-order valence-electron chi connectivity index (χ3n) is 5.38. The number of amides is 1. The minimum absolute atomic E-state index is 0.242. The van der Waals surface area contributed by atoms with E-state index in [0.717, 1.165) is 43.7 Å². The van der Waals surface area contributed by atoms with Crippen LogP contribution < -0.4 is 5.32 Å². The molecule has 1 aromatic heterocycles. The number of aromatic nitrogens is 1.